The summed E-state index contributed by atoms with van der Waals surface area (Å²) in [5.74, 6) is 5.07. The SMILES string of the molecule is Cc1ccc2c(c1)OCCOc1ccccc1OCCOc1ccccc1OCCOc1ccccc1OCCO2. The highest BCUT2D eigenvalue weighted by Crippen LogP contribution is 2.31. The second-order valence-corrected chi connectivity index (χ2v) is 9.08. The predicted molar refractivity (Wildman–Crippen MR) is 154 cm³/mol. The molecule has 1 aliphatic rings. The third-order valence-corrected chi connectivity index (χ3v) is 6.04. The van der Waals surface area contributed by atoms with Crippen LogP contribution in [0.1, 0.15) is 5.56 Å². The Bertz CT molecular complexity index is 1380. The van der Waals surface area contributed by atoms with Crippen molar-refractivity contribution in [3.63, 3.8) is 0 Å². The van der Waals surface area contributed by atoms with Gasteiger partial charge in [-0.2, -0.15) is 0 Å². The van der Waals surface area contributed by atoms with E-state index in [1.54, 1.807) is 0 Å². The molecule has 8 nitrogen and oxygen atoms in total. The monoisotopic (exact) mass is 558 g/mol. The van der Waals surface area contributed by atoms with E-state index in [0.29, 0.717) is 98.9 Å². The van der Waals surface area contributed by atoms with Crippen LogP contribution >= 0.6 is 0 Å². The number of ether oxygens (including phenoxy) is 8. The molecule has 0 saturated heterocycles. The summed E-state index contributed by atoms with van der Waals surface area (Å²) in [4.78, 5) is 0. The molecule has 4 aromatic rings. The van der Waals surface area contributed by atoms with E-state index < -0.39 is 0 Å². The molecule has 0 fully saturated rings. The summed E-state index contributed by atoms with van der Waals surface area (Å²) in [7, 11) is 0. The minimum absolute atomic E-state index is 0.328. The van der Waals surface area contributed by atoms with E-state index in [1.807, 2.05) is 97.9 Å². The largest absolute Gasteiger partial charge is 0.486 e. The smallest absolute Gasteiger partial charge is 0.161 e. The highest BCUT2D eigenvalue weighted by atomic mass is 16.6. The summed E-state index contributed by atoms with van der Waals surface area (Å²) in [5, 5.41) is 0. The third-order valence-electron chi connectivity index (χ3n) is 6.04. The van der Waals surface area contributed by atoms with Crippen LogP contribution in [0, 0.1) is 6.92 Å². The zero-order valence-corrected chi connectivity index (χ0v) is 23.1. The zero-order valence-electron chi connectivity index (χ0n) is 23.1. The van der Waals surface area contributed by atoms with Crippen molar-refractivity contribution < 1.29 is 37.9 Å². The Labute approximate surface area is 240 Å². The van der Waals surface area contributed by atoms with E-state index in [9.17, 15) is 0 Å². The number of hydrogen-bond donors (Lipinski definition) is 0. The minimum Gasteiger partial charge on any atom is -0.486 e. The van der Waals surface area contributed by atoms with Crippen LogP contribution in [0.25, 0.3) is 0 Å². The van der Waals surface area contributed by atoms with Crippen LogP contribution < -0.4 is 37.9 Å². The van der Waals surface area contributed by atoms with Gasteiger partial charge < -0.3 is 37.9 Å². The van der Waals surface area contributed by atoms with Crippen molar-refractivity contribution in [2.24, 2.45) is 0 Å². The van der Waals surface area contributed by atoms with Gasteiger partial charge in [-0.3, -0.25) is 0 Å². The van der Waals surface area contributed by atoms with Crippen molar-refractivity contribution in [2.45, 2.75) is 6.92 Å². The van der Waals surface area contributed by atoms with Crippen molar-refractivity contribution in [3.05, 3.63) is 96.6 Å². The molecular weight excluding hydrogens is 524 g/mol. The van der Waals surface area contributed by atoms with Crippen molar-refractivity contribution in [1.82, 2.24) is 0 Å². The van der Waals surface area contributed by atoms with Gasteiger partial charge in [0, 0.05) is 0 Å². The van der Waals surface area contributed by atoms with Gasteiger partial charge in [-0.15, -0.1) is 0 Å². The van der Waals surface area contributed by atoms with E-state index in [1.165, 1.54) is 0 Å². The normalized spacial score (nSPS) is 14.8. The van der Waals surface area contributed by atoms with Crippen molar-refractivity contribution in [2.75, 3.05) is 52.9 Å². The van der Waals surface area contributed by atoms with E-state index in [0.717, 1.165) is 5.56 Å². The van der Waals surface area contributed by atoms with Gasteiger partial charge >= 0.3 is 0 Å². The molecule has 214 valence electrons. The van der Waals surface area contributed by atoms with Crippen LogP contribution in [-0.4, -0.2) is 52.9 Å². The van der Waals surface area contributed by atoms with Gasteiger partial charge in [0.15, 0.2) is 46.0 Å². The lowest BCUT2D eigenvalue weighted by Gasteiger charge is -2.17. The molecule has 0 N–H and O–H groups in total. The lowest BCUT2D eigenvalue weighted by Crippen LogP contribution is -2.14. The Morgan fingerprint density at radius 3 is 0.854 bits per heavy atom. The molecule has 0 aliphatic carbocycles. The molecule has 41 heavy (non-hydrogen) atoms. The molecule has 0 aromatic heterocycles. The Balaban J connectivity index is 1.28. The predicted octanol–water partition coefficient (Wildman–Crippen LogP) is 6.14. The first-order chi connectivity index (χ1) is 20.3. The van der Waals surface area contributed by atoms with Gasteiger partial charge in [0.25, 0.3) is 0 Å². The van der Waals surface area contributed by atoms with Gasteiger partial charge in [0.05, 0.1) is 0 Å². The number of aryl methyl sites for hydroxylation is 1. The molecule has 0 atom stereocenters. The summed E-state index contributed by atoms with van der Waals surface area (Å²) >= 11 is 0. The highest BCUT2D eigenvalue weighted by molar-refractivity contribution is 5.43. The minimum atomic E-state index is 0.328. The number of fused-ring (bicyclic) bond motifs is 4. The fraction of sp³-hybridized carbons (Fsp3) is 0.273. The third kappa shape index (κ3) is 8.14. The van der Waals surface area contributed by atoms with Crippen molar-refractivity contribution in [3.8, 4) is 46.0 Å². The standard InChI is InChI=1S/C33H34O8/c1-25-14-15-32-33(24-25)41-23-22-39-31-13-7-6-12-30(31)37-19-18-35-27-9-3-2-8-26(27)34-16-17-36-28-10-4-5-11-29(28)38-20-21-40-32/h2-15,24H,16-23H2,1H3. The summed E-state index contributed by atoms with van der Waals surface area (Å²) < 4.78 is 47.8. The number of rotatable bonds is 0. The first kappa shape index (κ1) is 27.8. The van der Waals surface area contributed by atoms with Crippen molar-refractivity contribution >= 4 is 0 Å². The van der Waals surface area contributed by atoms with Gasteiger partial charge in [0.1, 0.15) is 52.9 Å². The van der Waals surface area contributed by atoms with Gasteiger partial charge in [-0.05, 0) is 61.0 Å². The van der Waals surface area contributed by atoms with Crippen LogP contribution in [-0.2, 0) is 0 Å². The van der Waals surface area contributed by atoms with Crippen LogP contribution in [0.5, 0.6) is 46.0 Å². The molecule has 8 heteroatoms. The summed E-state index contributed by atoms with van der Waals surface area (Å²) in [6.07, 6.45) is 0. The topological polar surface area (TPSA) is 73.8 Å². The maximum absolute atomic E-state index is 6.03. The van der Waals surface area contributed by atoms with Crippen molar-refractivity contribution in [1.29, 1.82) is 0 Å². The molecule has 5 rings (SSSR count). The number of para-hydroxylation sites is 6. The summed E-state index contributed by atoms with van der Waals surface area (Å²) in [6, 6.07) is 28.4. The van der Waals surface area contributed by atoms with E-state index in [-0.39, 0.29) is 0 Å². The molecule has 0 saturated carbocycles. The van der Waals surface area contributed by atoms with Crippen LogP contribution in [0.2, 0.25) is 0 Å². The average Bonchev–Trinajstić information content (AvgIpc) is 3.00. The molecule has 4 aromatic carbocycles. The molecule has 0 radical (unpaired) electrons. The average molecular weight is 559 g/mol. The lowest BCUT2D eigenvalue weighted by molar-refractivity contribution is 0.171. The quantitative estimate of drug-likeness (QED) is 0.255. The van der Waals surface area contributed by atoms with Crippen LogP contribution in [0.3, 0.4) is 0 Å². The molecular formula is C33H34O8. The zero-order chi connectivity index (χ0) is 28.1. The fourth-order valence-corrected chi connectivity index (χ4v) is 4.13. The molecule has 0 amide bonds. The van der Waals surface area contributed by atoms with E-state index in [2.05, 4.69) is 0 Å². The van der Waals surface area contributed by atoms with Gasteiger partial charge in [-0.1, -0.05) is 42.5 Å². The molecule has 1 aliphatic heterocycles. The highest BCUT2D eigenvalue weighted by Gasteiger charge is 2.11. The maximum Gasteiger partial charge on any atom is 0.161 e. The Morgan fingerprint density at radius 2 is 0.561 bits per heavy atom. The number of hydrogen-bond acceptors (Lipinski definition) is 8. The Morgan fingerprint density at radius 1 is 0.317 bits per heavy atom. The Kier molecular flexibility index (Phi) is 9.91. The molecule has 0 bridgehead atoms. The van der Waals surface area contributed by atoms with E-state index in [4.69, 9.17) is 37.9 Å². The fourth-order valence-electron chi connectivity index (χ4n) is 4.13. The molecule has 1 heterocycles. The second-order valence-electron chi connectivity index (χ2n) is 9.08. The van der Waals surface area contributed by atoms with Gasteiger partial charge in [-0.25, -0.2) is 0 Å². The first-order valence-corrected chi connectivity index (χ1v) is 13.7. The second kappa shape index (κ2) is 14.6. The number of benzene rings is 4. The summed E-state index contributed by atoms with van der Waals surface area (Å²) in [5.41, 5.74) is 1.07. The maximum atomic E-state index is 6.03. The van der Waals surface area contributed by atoms with Crippen LogP contribution in [0.4, 0.5) is 0 Å². The van der Waals surface area contributed by atoms with Crippen LogP contribution in [0.15, 0.2) is 91.0 Å². The first-order valence-electron chi connectivity index (χ1n) is 13.7. The Hall–Kier alpha value is -4.72. The lowest BCUT2D eigenvalue weighted by atomic mass is 10.2. The van der Waals surface area contributed by atoms with E-state index >= 15 is 0 Å². The van der Waals surface area contributed by atoms with Gasteiger partial charge in [0.2, 0.25) is 0 Å². The summed E-state index contributed by atoms with van der Waals surface area (Å²) in [6.45, 7) is 4.63. The molecule has 0 unspecified atom stereocenters. The molecule has 0 spiro atoms.